The highest BCUT2D eigenvalue weighted by Gasteiger charge is 2.25. The zero-order valence-corrected chi connectivity index (χ0v) is 11.4. The second-order valence-electron chi connectivity index (χ2n) is 4.57. The Morgan fingerprint density at radius 3 is 2.55 bits per heavy atom. The van der Waals surface area contributed by atoms with Gasteiger partial charge in [0.2, 0.25) is 0 Å². The molecule has 1 heterocycles. The number of rotatable bonds is 6. The Kier molecular flexibility index (Phi) is 5.24. The highest BCUT2D eigenvalue weighted by molar-refractivity contribution is 5.94. The number of nitro groups is 1. The summed E-state index contributed by atoms with van der Waals surface area (Å²) in [5.74, 6) is -1.88. The van der Waals surface area contributed by atoms with Crippen molar-refractivity contribution >= 4 is 17.8 Å². The van der Waals surface area contributed by atoms with Crippen molar-refractivity contribution in [3.8, 4) is 0 Å². The van der Waals surface area contributed by atoms with Crippen LogP contribution in [-0.2, 0) is 9.53 Å². The lowest BCUT2D eigenvalue weighted by Gasteiger charge is -2.17. The van der Waals surface area contributed by atoms with Crippen molar-refractivity contribution in [3.05, 3.63) is 28.0 Å². The van der Waals surface area contributed by atoms with Gasteiger partial charge in [0.15, 0.2) is 5.76 Å². The largest absolute Gasteiger partial charge is 0.467 e. The van der Waals surface area contributed by atoms with Gasteiger partial charge < -0.3 is 14.5 Å². The highest BCUT2D eigenvalue weighted by Crippen LogP contribution is 2.16. The standard InChI is InChI=1S/C12H16N2O6/c1-7(2)6-8(12(16)19-3)13-11(15)9-4-5-10(20-9)14(17)18/h4-5,7-8H,6H2,1-3H3,(H,13,15)/t8-/m0/s1. The van der Waals surface area contributed by atoms with Gasteiger partial charge in [-0.3, -0.25) is 14.9 Å². The van der Waals surface area contributed by atoms with Gasteiger partial charge in [0.05, 0.1) is 13.2 Å². The van der Waals surface area contributed by atoms with E-state index in [1.54, 1.807) is 0 Å². The molecular formula is C12H16N2O6. The van der Waals surface area contributed by atoms with Crippen LogP contribution in [0.1, 0.15) is 30.8 Å². The molecule has 0 unspecified atom stereocenters. The molecular weight excluding hydrogens is 268 g/mol. The van der Waals surface area contributed by atoms with Crippen molar-refractivity contribution in [1.29, 1.82) is 0 Å². The molecule has 1 rings (SSSR count). The molecule has 20 heavy (non-hydrogen) atoms. The van der Waals surface area contributed by atoms with Crippen molar-refractivity contribution < 1.29 is 23.7 Å². The summed E-state index contributed by atoms with van der Waals surface area (Å²) < 4.78 is 9.36. The summed E-state index contributed by atoms with van der Waals surface area (Å²) in [7, 11) is 1.22. The second-order valence-corrected chi connectivity index (χ2v) is 4.57. The minimum Gasteiger partial charge on any atom is -0.467 e. The maximum absolute atomic E-state index is 11.9. The normalized spacial score (nSPS) is 12.0. The molecule has 0 fully saturated rings. The number of furan rings is 1. The summed E-state index contributed by atoms with van der Waals surface area (Å²) in [6, 6.07) is 1.43. The van der Waals surface area contributed by atoms with Gasteiger partial charge in [-0.25, -0.2) is 4.79 Å². The van der Waals surface area contributed by atoms with Gasteiger partial charge in [-0.15, -0.1) is 0 Å². The average Bonchev–Trinajstić information content (AvgIpc) is 2.86. The third-order valence-corrected chi connectivity index (χ3v) is 2.49. The van der Waals surface area contributed by atoms with Crippen LogP contribution in [0.25, 0.3) is 0 Å². The molecule has 1 aromatic rings. The zero-order valence-electron chi connectivity index (χ0n) is 11.4. The Labute approximate surface area is 115 Å². The quantitative estimate of drug-likeness (QED) is 0.481. The van der Waals surface area contributed by atoms with Gasteiger partial charge in [-0.05, 0) is 18.4 Å². The molecule has 0 bridgehead atoms. The summed E-state index contributed by atoms with van der Waals surface area (Å²) in [5, 5.41) is 12.9. The molecule has 0 saturated heterocycles. The van der Waals surface area contributed by atoms with E-state index < -0.39 is 28.7 Å². The van der Waals surface area contributed by atoms with Crippen LogP contribution in [0, 0.1) is 16.0 Å². The Hall–Kier alpha value is -2.38. The van der Waals surface area contributed by atoms with Gasteiger partial charge in [0, 0.05) is 0 Å². The van der Waals surface area contributed by atoms with E-state index in [9.17, 15) is 19.7 Å². The lowest BCUT2D eigenvalue weighted by Crippen LogP contribution is -2.42. The maximum Gasteiger partial charge on any atom is 0.433 e. The van der Waals surface area contributed by atoms with Crippen LogP contribution in [0.2, 0.25) is 0 Å². The number of hydrogen-bond donors (Lipinski definition) is 1. The van der Waals surface area contributed by atoms with Crippen LogP contribution in [0.3, 0.4) is 0 Å². The summed E-state index contributed by atoms with van der Waals surface area (Å²) in [6.45, 7) is 3.78. The molecule has 8 nitrogen and oxygen atoms in total. The van der Waals surface area contributed by atoms with Crippen molar-refractivity contribution in [2.45, 2.75) is 26.3 Å². The number of amides is 1. The monoisotopic (exact) mass is 284 g/mol. The topological polar surface area (TPSA) is 112 Å². The van der Waals surface area contributed by atoms with Crippen molar-refractivity contribution in [3.63, 3.8) is 0 Å². The number of nitrogens with one attached hydrogen (secondary N) is 1. The molecule has 8 heteroatoms. The fourth-order valence-electron chi connectivity index (χ4n) is 1.60. The summed E-state index contributed by atoms with van der Waals surface area (Å²) in [4.78, 5) is 33.1. The van der Waals surface area contributed by atoms with E-state index in [0.29, 0.717) is 6.42 Å². The Morgan fingerprint density at radius 2 is 2.10 bits per heavy atom. The molecule has 1 N–H and O–H groups in total. The lowest BCUT2D eigenvalue weighted by atomic mass is 10.0. The molecule has 110 valence electrons. The Morgan fingerprint density at radius 1 is 1.45 bits per heavy atom. The molecule has 0 aliphatic rings. The Balaban J connectivity index is 2.78. The fourth-order valence-corrected chi connectivity index (χ4v) is 1.60. The van der Waals surface area contributed by atoms with Crippen molar-refractivity contribution in [2.75, 3.05) is 7.11 Å². The fraction of sp³-hybridized carbons (Fsp3) is 0.500. The third kappa shape index (κ3) is 4.08. The lowest BCUT2D eigenvalue weighted by molar-refractivity contribution is -0.402. The molecule has 0 spiro atoms. The maximum atomic E-state index is 11.9. The van der Waals surface area contributed by atoms with Crippen LogP contribution < -0.4 is 5.32 Å². The van der Waals surface area contributed by atoms with E-state index in [-0.39, 0.29) is 11.7 Å². The molecule has 0 radical (unpaired) electrons. The minimum atomic E-state index is -0.823. The van der Waals surface area contributed by atoms with Gasteiger partial charge in [0.1, 0.15) is 11.0 Å². The van der Waals surface area contributed by atoms with E-state index in [4.69, 9.17) is 4.42 Å². The van der Waals surface area contributed by atoms with Crippen LogP contribution in [0.5, 0.6) is 0 Å². The third-order valence-electron chi connectivity index (χ3n) is 2.49. The number of esters is 1. The van der Waals surface area contributed by atoms with Gasteiger partial charge >= 0.3 is 11.9 Å². The molecule has 0 saturated carbocycles. The van der Waals surface area contributed by atoms with Crippen LogP contribution in [0.4, 0.5) is 5.88 Å². The molecule has 0 aromatic carbocycles. The van der Waals surface area contributed by atoms with Gasteiger partial charge in [-0.2, -0.15) is 0 Å². The smallest absolute Gasteiger partial charge is 0.433 e. The number of nitrogens with zero attached hydrogens (tertiary/aromatic N) is 1. The first-order valence-corrected chi connectivity index (χ1v) is 5.98. The van der Waals surface area contributed by atoms with E-state index in [0.717, 1.165) is 6.07 Å². The molecule has 1 amide bonds. The van der Waals surface area contributed by atoms with Gasteiger partial charge in [-0.1, -0.05) is 13.8 Å². The van der Waals surface area contributed by atoms with Crippen molar-refractivity contribution in [2.24, 2.45) is 5.92 Å². The molecule has 1 atom stereocenters. The number of methoxy groups -OCH3 is 1. The zero-order chi connectivity index (χ0) is 15.3. The van der Waals surface area contributed by atoms with Crippen LogP contribution >= 0.6 is 0 Å². The first-order chi connectivity index (χ1) is 9.35. The van der Waals surface area contributed by atoms with E-state index in [2.05, 4.69) is 10.1 Å². The van der Waals surface area contributed by atoms with Gasteiger partial charge in [0.25, 0.3) is 5.91 Å². The van der Waals surface area contributed by atoms with Crippen LogP contribution in [-0.4, -0.2) is 30.0 Å². The average molecular weight is 284 g/mol. The minimum absolute atomic E-state index is 0.158. The molecule has 0 aliphatic heterocycles. The van der Waals surface area contributed by atoms with E-state index in [1.807, 2.05) is 13.8 Å². The predicted octanol–water partition coefficient (Wildman–Crippen LogP) is 1.51. The van der Waals surface area contributed by atoms with Crippen LogP contribution in [0.15, 0.2) is 16.5 Å². The number of hydrogen-bond acceptors (Lipinski definition) is 6. The second kappa shape index (κ2) is 6.69. The molecule has 1 aromatic heterocycles. The summed E-state index contributed by atoms with van der Waals surface area (Å²) in [5.41, 5.74) is 0. The first kappa shape index (κ1) is 15.7. The van der Waals surface area contributed by atoms with E-state index in [1.165, 1.54) is 13.2 Å². The Bertz CT molecular complexity index is 508. The number of carbonyl (C=O) groups excluding carboxylic acids is 2. The molecule has 0 aliphatic carbocycles. The number of ether oxygens (including phenoxy) is 1. The first-order valence-electron chi connectivity index (χ1n) is 5.98. The summed E-state index contributed by atoms with van der Waals surface area (Å²) in [6.07, 6.45) is 0.390. The summed E-state index contributed by atoms with van der Waals surface area (Å²) >= 11 is 0. The highest BCUT2D eigenvalue weighted by atomic mass is 16.6. The predicted molar refractivity (Wildman–Crippen MR) is 68.1 cm³/mol. The van der Waals surface area contributed by atoms with Crippen molar-refractivity contribution in [1.82, 2.24) is 5.32 Å². The van der Waals surface area contributed by atoms with E-state index >= 15 is 0 Å². The SMILES string of the molecule is COC(=O)[C@H](CC(C)C)NC(=O)c1ccc([N+](=O)[O-])o1. The number of carbonyl (C=O) groups is 2.